The number of hydrogen-bond donors (Lipinski definition) is 1. The molecule has 2 aromatic rings. The van der Waals surface area contributed by atoms with Crippen LogP contribution in [0.2, 0.25) is 5.02 Å². The van der Waals surface area contributed by atoms with Gasteiger partial charge in [0.05, 0.1) is 22.2 Å². The summed E-state index contributed by atoms with van der Waals surface area (Å²) in [6.45, 7) is 3.59. The van der Waals surface area contributed by atoms with Gasteiger partial charge in [0.15, 0.2) is 0 Å². The first-order valence-corrected chi connectivity index (χ1v) is 9.22. The van der Waals surface area contributed by atoms with Crippen LogP contribution in [0.3, 0.4) is 0 Å². The second kappa shape index (κ2) is 9.09. The number of carbonyl (C=O) groups is 1. The Kier molecular flexibility index (Phi) is 6.56. The number of piperazine rings is 1. The van der Waals surface area contributed by atoms with Gasteiger partial charge >= 0.3 is 0 Å². The third-order valence-electron chi connectivity index (χ3n) is 4.62. The first-order chi connectivity index (χ1) is 13.4. The van der Waals surface area contributed by atoms with Crippen molar-refractivity contribution < 1.29 is 14.1 Å². The summed E-state index contributed by atoms with van der Waals surface area (Å²) in [7, 11) is 0. The molecule has 1 saturated heterocycles. The van der Waals surface area contributed by atoms with Crippen molar-refractivity contribution in [3.05, 3.63) is 69.0 Å². The zero-order chi connectivity index (χ0) is 20.1. The van der Waals surface area contributed by atoms with E-state index < -0.39 is 4.92 Å². The quantitative estimate of drug-likeness (QED) is 0.589. The Hall–Kier alpha value is -2.55. The van der Waals surface area contributed by atoms with Gasteiger partial charge in [-0.2, -0.15) is 0 Å². The molecule has 0 bridgehead atoms. The van der Waals surface area contributed by atoms with Crippen LogP contribution < -0.4 is 5.32 Å². The van der Waals surface area contributed by atoms with Gasteiger partial charge in [0, 0.05) is 50.4 Å². The van der Waals surface area contributed by atoms with Crippen LogP contribution in [0.4, 0.5) is 15.8 Å². The van der Waals surface area contributed by atoms with Crippen molar-refractivity contribution in [1.82, 2.24) is 9.80 Å². The first-order valence-electron chi connectivity index (χ1n) is 8.84. The summed E-state index contributed by atoms with van der Waals surface area (Å²) in [4.78, 5) is 26.6. The van der Waals surface area contributed by atoms with Crippen LogP contribution >= 0.6 is 11.6 Å². The van der Waals surface area contributed by atoms with Gasteiger partial charge in [-0.3, -0.25) is 24.7 Å². The van der Waals surface area contributed by atoms with Crippen molar-refractivity contribution in [2.75, 3.05) is 38.0 Å². The van der Waals surface area contributed by atoms with E-state index in [0.29, 0.717) is 30.9 Å². The lowest BCUT2D eigenvalue weighted by Crippen LogP contribution is -2.48. The van der Waals surface area contributed by atoms with Crippen LogP contribution in [0.1, 0.15) is 5.56 Å². The number of nitro groups is 1. The molecule has 0 saturated carbocycles. The van der Waals surface area contributed by atoms with Gasteiger partial charge in [-0.15, -0.1) is 0 Å². The smallest absolute Gasteiger partial charge is 0.271 e. The van der Waals surface area contributed by atoms with E-state index in [1.54, 1.807) is 12.1 Å². The number of rotatable bonds is 6. The van der Waals surface area contributed by atoms with Crippen LogP contribution in [0.15, 0.2) is 42.5 Å². The molecule has 0 atom stereocenters. The maximum absolute atomic E-state index is 13.8. The Morgan fingerprint density at radius 1 is 1.14 bits per heavy atom. The zero-order valence-corrected chi connectivity index (χ0v) is 15.9. The van der Waals surface area contributed by atoms with Crippen molar-refractivity contribution in [1.29, 1.82) is 0 Å². The lowest BCUT2D eigenvalue weighted by Gasteiger charge is -2.34. The van der Waals surface area contributed by atoms with Gasteiger partial charge in [-0.25, -0.2) is 4.39 Å². The fraction of sp³-hybridized carbons (Fsp3) is 0.316. The van der Waals surface area contributed by atoms with Gasteiger partial charge in [-0.1, -0.05) is 29.8 Å². The van der Waals surface area contributed by atoms with Crippen LogP contribution in [0, 0.1) is 15.9 Å². The SMILES string of the molecule is O=C(CN1CCN(Cc2ccccc2F)CC1)Nc1ccc([N+](=O)[O-])cc1Cl. The van der Waals surface area contributed by atoms with Gasteiger partial charge in [-0.05, 0) is 12.1 Å². The molecule has 1 aliphatic rings. The second-order valence-electron chi connectivity index (χ2n) is 6.61. The fourth-order valence-corrected chi connectivity index (χ4v) is 3.31. The Labute approximate surface area is 166 Å². The molecule has 7 nitrogen and oxygen atoms in total. The summed E-state index contributed by atoms with van der Waals surface area (Å²) in [5, 5.41) is 13.5. The van der Waals surface area contributed by atoms with E-state index in [4.69, 9.17) is 11.6 Å². The number of nitro benzene ring substituents is 1. The molecular formula is C19H20ClFN4O3. The minimum absolute atomic E-state index is 0.122. The van der Waals surface area contributed by atoms with E-state index in [1.165, 1.54) is 24.3 Å². The molecule has 0 radical (unpaired) electrons. The van der Waals surface area contributed by atoms with Crippen molar-refractivity contribution >= 4 is 28.9 Å². The number of hydrogen-bond acceptors (Lipinski definition) is 5. The van der Waals surface area contributed by atoms with Gasteiger partial charge in [0.25, 0.3) is 5.69 Å². The molecule has 1 heterocycles. The number of non-ortho nitro benzene ring substituents is 1. The summed E-state index contributed by atoms with van der Waals surface area (Å²) in [5.74, 6) is -0.442. The molecule has 148 valence electrons. The molecule has 1 N–H and O–H groups in total. The van der Waals surface area contributed by atoms with Crippen LogP contribution in [0.25, 0.3) is 0 Å². The highest BCUT2D eigenvalue weighted by Gasteiger charge is 2.20. The zero-order valence-electron chi connectivity index (χ0n) is 15.1. The number of nitrogens with zero attached hydrogens (tertiary/aromatic N) is 3. The van der Waals surface area contributed by atoms with Gasteiger partial charge < -0.3 is 5.32 Å². The van der Waals surface area contributed by atoms with E-state index in [9.17, 15) is 19.3 Å². The monoisotopic (exact) mass is 406 g/mol. The van der Waals surface area contributed by atoms with Gasteiger partial charge in [0.1, 0.15) is 5.82 Å². The fourth-order valence-electron chi connectivity index (χ4n) is 3.08. The average Bonchev–Trinajstić information content (AvgIpc) is 2.66. The molecule has 28 heavy (non-hydrogen) atoms. The van der Waals surface area contributed by atoms with Crippen molar-refractivity contribution in [3.8, 4) is 0 Å². The summed E-state index contributed by atoms with van der Waals surface area (Å²) in [6, 6.07) is 10.7. The van der Waals surface area contributed by atoms with Crippen LogP contribution in [-0.4, -0.2) is 53.4 Å². The summed E-state index contributed by atoms with van der Waals surface area (Å²) >= 11 is 6.00. The molecule has 3 rings (SSSR count). The van der Waals surface area contributed by atoms with Gasteiger partial charge in [0.2, 0.25) is 5.91 Å². The summed E-state index contributed by atoms with van der Waals surface area (Å²) in [6.07, 6.45) is 0. The highest BCUT2D eigenvalue weighted by atomic mass is 35.5. The average molecular weight is 407 g/mol. The Balaban J connectivity index is 1.47. The maximum Gasteiger partial charge on any atom is 0.271 e. The van der Waals surface area contributed by atoms with E-state index in [-0.39, 0.29) is 29.0 Å². The number of nitrogens with one attached hydrogen (secondary N) is 1. The predicted molar refractivity (Wildman–Crippen MR) is 105 cm³/mol. The topological polar surface area (TPSA) is 78.7 Å². The molecule has 0 aromatic heterocycles. The highest BCUT2D eigenvalue weighted by Crippen LogP contribution is 2.26. The Bertz CT molecular complexity index is 872. The van der Waals surface area contributed by atoms with Crippen molar-refractivity contribution in [2.45, 2.75) is 6.54 Å². The molecule has 0 unspecified atom stereocenters. The molecule has 9 heteroatoms. The normalized spacial score (nSPS) is 15.4. The number of amides is 1. The number of carbonyl (C=O) groups excluding carboxylic acids is 1. The van der Waals surface area contributed by atoms with E-state index in [1.807, 2.05) is 11.0 Å². The largest absolute Gasteiger partial charge is 0.324 e. The number of anilines is 1. The Morgan fingerprint density at radius 2 is 1.82 bits per heavy atom. The highest BCUT2D eigenvalue weighted by molar-refractivity contribution is 6.34. The maximum atomic E-state index is 13.8. The molecule has 1 amide bonds. The standard InChI is InChI=1S/C19H20ClFN4O3/c20-16-11-15(25(27)28)5-6-18(16)22-19(26)13-24-9-7-23(8-10-24)12-14-3-1-2-4-17(14)21/h1-6,11H,7-10,12-13H2,(H,22,26). The summed E-state index contributed by atoms with van der Waals surface area (Å²) in [5.41, 5.74) is 0.880. The van der Waals surface area contributed by atoms with E-state index in [2.05, 4.69) is 10.2 Å². The van der Waals surface area contributed by atoms with Crippen molar-refractivity contribution in [2.24, 2.45) is 0 Å². The number of benzene rings is 2. The molecular weight excluding hydrogens is 387 g/mol. The number of halogens is 2. The van der Waals surface area contributed by atoms with E-state index >= 15 is 0 Å². The van der Waals surface area contributed by atoms with Crippen LogP contribution in [0.5, 0.6) is 0 Å². The molecule has 0 aliphatic carbocycles. The molecule has 0 spiro atoms. The first kappa shape index (κ1) is 20.2. The summed E-state index contributed by atoms with van der Waals surface area (Å²) < 4.78 is 13.8. The van der Waals surface area contributed by atoms with E-state index in [0.717, 1.165) is 13.1 Å². The Morgan fingerprint density at radius 3 is 2.46 bits per heavy atom. The third kappa shape index (κ3) is 5.25. The third-order valence-corrected chi connectivity index (χ3v) is 4.93. The lowest BCUT2D eigenvalue weighted by molar-refractivity contribution is -0.384. The van der Waals surface area contributed by atoms with Crippen molar-refractivity contribution in [3.63, 3.8) is 0 Å². The van der Waals surface area contributed by atoms with Crippen LogP contribution in [-0.2, 0) is 11.3 Å². The molecule has 2 aromatic carbocycles. The molecule has 1 fully saturated rings. The minimum Gasteiger partial charge on any atom is -0.324 e. The minimum atomic E-state index is -0.543. The molecule has 1 aliphatic heterocycles. The lowest BCUT2D eigenvalue weighted by atomic mass is 10.2. The second-order valence-corrected chi connectivity index (χ2v) is 7.02. The predicted octanol–water partition coefficient (Wildman–Crippen LogP) is 3.14.